The third-order valence-corrected chi connectivity index (χ3v) is 3.94. The minimum atomic E-state index is 0.434. The standard InChI is InChI=1S/C13H8N2OS2/c16-15-9-6-4-8(5-7-9)10-2-1-3-11-12(10)14-13(17)18-11/h1-7H,(H,14,17). The van der Waals surface area contributed by atoms with E-state index in [1.807, 2.05) is 30.3 Å². The fourth-order valence-corrected chi connectivity index (χ4v) is 3.05. The van der Waals surface area contributed by atoms with Crippen molar-refractivity contribution in [3.63, 3.8) is 0 Å². The highest BCUT2D eigenvalue weighted by molar-refractivity contribution is 7.73. The molecule has 0 aliphatic heterocycles. The highest BCUT2D eigenvalue weighted by atomic mass is 32.1. The normalized spacial score (nSPS) is 10.7. The molecule has 0 aliphatic carbocycles. The number of rotatable bonds is 2. The van der Waals surface area contributed by atoms with Crippen molar-refractivity contribution in [1.29, 1.82) is 0 Å². The van der Waals surface area contributed by atoms with Gasteiger partial charge in [0, 0.05) is 5.56 Å². The molecule has 1 heterocycles. The molecule has 5 heteroatoms. The number of aromatic amines is 1. The summed E-state index contributed by atoms with van der Waals surface area (Å²) in [4.78, 5) is 13.6. The zero-order valence-electron chi connectivity index (χ0n) is 9.21. The summed E-state index contributed by atoms with van der Waals surface area (Å²) in [7, 11) is 0. The van der Waals surface area contributed by atoms with E-state index < -0.39 is 0 Å². The Morgan fingerprint density at radius 1 is 1.11 bits per heavy atom. The summed E-state index contributed by atoms with van der Waals surface area (Å²) < 4.78 is 1.90. The van der Waals surface area contributed by atoms with Crippen LogP contribution in [0.4, 0.5) is 5.69 Å². The van der Waals surface area contributed by atoms with Gasteiger partial charge in [-0.3, -0.25) is 0 Å². The van der Waals surface area contributed by atoms with E-state index in [9.17, 15) is 4.91 Å². The number of nitrogens with zero attached hydrogens (tertiary/aromatic N) is 1. The molecule has 1 aromatic heterocycles. The van der Waals surface area contributed by atoms with Crippen molar-refractivity contribution in [3.05, 3.63) is 51.3 Å². The molecule has 18 heavy (non-hydrogen) atoms. The minimum absolute atomic E-state index is 0.434. The van der Waals surface area contributed by atoms with E-state index in [1.54, 1.807) is 23.5 Å². The molecule has 0 atom stereocenters. The fraction of sp³-hybridized carbons (Fsp3) is 0. The second-order valence-corrected chi connectivity index (χ2v) is 5.55. The Morgan fingerprint density at radius 2 is 1.89 bits per heavy atom. The minimum Gasteiger partial charge on any atom is -0.336 e. The van der Waals surface area contributed by atoms with Gasteiger partial charge in [0.2, 0.25) is 0 Å². The number of thiazole rings is 1. The van der Waals surface area contributed by atoms with Crippen molar-refractivity contribution in [2.45, 2.75) is 0 Å². The molecule has 1 N–H and O–H groups in total. The predicted octanol–water partition coefficient (Wildman–Crippen LogP) is 5.02. The first-order chi connectivity index (χ1) is 8.78. The molecule has 0 amide bonds. The average Bonchev–Trinajstić information content (AvgIpc) is 2.79. The molecular weight excluding hydrogens is 264 g/mol. The van der Waals surface area contributed by atoms with Gasteiger partial charge in [-0.2, -0.15) is 0 Å². The summed E-state index contributed by atoms with van der Waals surface area (Å²) in [5, 5.41) is 2.90. The first-order valence-corrected chi connectivity index (χ1v) is 6.56. The summed E-state index contributed by atoms with van der Waals surface area (Å²) in [6.45, 7) is 0. The first-order valence-electron chi connectivity index (χ1n) is 5.33. The van der Waals surface area contributed by atoms with Gasteiger partial charge >= 0.3 is 0 Å². The fourth-order valence-electron chi connectivity index (χ4n) is 1.91. The molecule has 0 aliphatic rings. The van der Waals surface area contributed by atoms with E-state index in [0.717, 1.165) is 25.3 Å². The number of benzene rings is 2. The first kappa shape index (κ1) is 11.3. The van der Waals surface area contributed by atoms with E-state index in [2.05, 4.69) is 10.2 Å². The van der Waals surface area contributed by atoms with Crippen LogP contribution in [0, 0.1) is 8.86 Å². The number of hydrogen-bond donors (Lipinski definition) is 1. The quantitative estimate of drug-likeness (QED) is 0.525. The van der Waals surface area contributed by atoms with Crippen LogP contribution >= 0.6 is 23.6 Å². The van der Waals surface area contributed by atoms with Crippen LogP contribution < -0.4 is 0 Å². The molecule has 0 fully saturated rings. The van der Waals surface area contributed by atoms with E-state index in [1.165, 1.54) is 0 Å². The van der Waals surface area contributed by atoms with Gasteiger partial charge in [-0.05, 0) is 41.2 Å². The van der Waals surface area contributed by atoms with E-state index in [-0.39, 0.29) is 0 Å². The van der Waals surface area contributed by atoms with Gasteiger partial charge in [0.25, 0.3) is 0 Å². The Hall–Kier alpha value is -1.85. The lowest BCUT2D eigenvalue weighted by molar-refractivity contribution is 1.46. The zero-order valence-corrected chi connectivity index (χ0v) is 10.8. The third-order valence-electron chi connectivity index (χ3n) is 2.74. The molecule has 88 valence electrons. The van der Waals surface area contributed by atoms with E-state index in [4.69, 9.17) is 12.2 Å². The summed E-state index contributed by atoms with van der Waals surface area (Å²) in [6, 6.07) is 13.3. The van der Waals surface area contributed by atoms with Crippen molar-refractivity contribution in [2.75, 3.05) is 0 Å². The number of aromatic nitrogens is 1. The molecule has 3 nitrogen and oxygen atoms in total. The second-order valence-electron chi connectivity index (χ2n) is 3.83. The largest absolute Gasteiger partial charge is 0.336 e. The van der Waals surface area contributed by atoms with Crippen molar-refractivity contribution in [2.24, 2.45) is 5.18 Å². The Balaban J connectivity index is 2.23. The predicted molar refractivity (Wildman–Crippen MR) is 77.9 cm³/mol. The van der Waals surface area contributed by atoms with Crippen LogP contribution in [0.1, 0.15) is 0 Å². The van der Waals surface area contributed by atoms with Crippen LogP contribution in [0.2, 0.25) is 0 Å². The van der Waals surface area contributed by atoms with Gasteiger partial charge in [0.1, 0.15) is 5.69 Å². The molecule has 0 saturated heterocycles. The molecule has 2 aromatic carbocycles. The molecule has 0 bridgehead atoms. The molecule has 0 unspecified atom stereocenters. The lowest BCUT2D eigenvalue weighted by Gasteiger charge is -2.03. The summed E-state index contributed by atoms with van der Waals surface area (Å²) >= 11 is 6.73. The van der Waals surface area contributed by atoms with Gasteiger partial charge in [0.15, 0.2) is 3.95 Å². The molecule has 0 radical (unpaired) electrons. The van der Waals surface area contributed by atoms with Gasteiger partial charge in [-0.15, -0.1) is 16.2 Å². The summed E-state index contributed by atoms with van der Waals surface area (Å²) in [6.07, 6.45) is 0. The van der Waals surface area contributed by atoms with Crippen LogP contribution in [0.25, 0.3) is 21.3 Å². The molecular formula is C13H8N2OS2. The van der Waals surface area contributed by atoms with Gasteiger partial charge < -0.3 is 4.98 Å². The Morgan fingerprint density at radius 3 is 2.61 bits per heavy atom. The van der Waals surface area contributed by atoms with Gasteiger partial charge in [-0.1, -0.05) is 24.3 Å². The summed E-state index contributed by atoms with van der Waals surface area (Å²) in [5.41, 5.74) is 3.60. The van der Waals surface area contributed by atoms with Gasteiger partial charge in [0.05, 0.1) is 10.2 Å². The maximum atomic E-state index is 10.4. The van der Waals surface area contributed by atoms with Gasteiger partial charge in [-0.25, -0.2) is 0 Å². The number of nitroso groups, excluding NO2 is 1. The Kier molecular flexibility index (Phi) is 2.77. The van der Waals surface area contributed by atoms with Crippen molar-refractivity contribution in [1.82, 2.24) is 4.98 Å². The molecule has 3 aromatic rings. The van der Waals surface area contributed by atoms with Crippen LogP contribution in [-0.2, 0) is 0 Å². The lowest BCUT2D eigenvalue weighted by Crippen LogP contribution is -1.79. The molecule has 3 rings (SSSR count). The van der Waals surface area contributed by atoms with Crippen LogP contribution in [0.15, 0.2) is 47.6 Å². The number of para-hydroxylation sites is 1. The van der Waals surface area contributed by atoms with Crippen molar-refractivity contribution < 1.29 is 0 Å². The van der Waals surface area contributed by atoms with Crippen LogP contribution in [0.5, 0.6) is 0 Å². The monoisotopic (exact) mass is 272 g/mol. The smallest absolute Gasteiger partial charge is 0.159 e. The Labute approximate surface area is 112 Å². The second kappa shape index (κ2) is 4.44. The number of nitrogens with one attached hydrogen (secondary N) is 1. The SMILES string of the molecule is O=Nc1ccc(-c2cccc3sc(=S)[nH]c23)cc1. The number of hydrogen-bond acceptors (Lipinski definition) is 4. The lowest BCUT2D eigenvalue weighted by atomic mass is 10.0. The van der Waals surface area contributed by atoms with Crippen LogP contribution in [0.3, 0.4) is 0 Å². The number of H-pyrrole nitrogens is 1. The van der Waals surface area contributed by atoms with Crippen LogP contribution in [-0.4, -0.2) is 4.98 Å². The average molecular weight is 272 g/mol. The Bertz CT molecular complexity index is 772. The zero-order chi connectivity index (χ0) is 12.5. The highest BCUT2D eigenvalue weighted by Crippen LogP contribution is 2.31. The molecule has 0 saturated carbocycles. The topological polar surface area (TPSA) is 45.2 Å². The third kappa shape index (κ3) is 1.87. The number of fused-ring (bicyclic) bond motifs is 1. The van der Waals surface area contributed by atoms with Crippen molar-refractivity contribution in [3.8, 4) is 11.1 Å². The van der Waals surface area contributed by atoms with Crippen molar-refractivity contribution >= 4 is 39.5 Å². The summed E-state index contributed by atoms with van der Waals surface area (Å²) in [5.74, 6) is 0. The maximum Gasteiger partial charge on any atom is 0.159 e. The maximum absolute atomic E-state index is 10.4. The molecule has 0 spiro atoms. The van der Waals surface area contributed by atoms with E-state index in [0.29, 0.717) is 5.69 Å². The van der Waals surface area contributed by atoms with E-state index >= 15 is 0 Å². The highest BCUT2D eigenvalue weighted by Gasteiger charge is 2.05.